The molecule has 0 spiro atoms. The first-order valence-corrected chi connectivity index (χ1v) is 6.72. The van der Waals surface area contributed by atoms with Crippen LogP contribution in [0.4, 0.5) is 0 Å². The van der Waals surface area contributed by atoms with Gasteiger partial charge in [-0.2, -0.15) is 0 Å². The number of ether oxygens (including phenoxy) is 1. The van der Waals surface area contributed by atoms with Crippen LogP contribution in [0.2, 0.25) is 0 Å². The van der Waals surface area contributed by atoms with Crippen LogP contribution in [0.25, 0.3) is 0 Å². The lowest BCUT2D eigenvalue weighted by Gasteiger charge is -2.10. The molecule has 2 rings (SSSR count). The summed E-state index contributed by atoms with van der Waals surface area (Å²) in [5, 5.41) is 5.54. The molecule has 0 saturated heterocycles. The highest BCUT2D eigenvalue weighted by Crippen LogP contribution is 2.18. The van der Waals surface area contributed by atoms with Crippen molar-refractivity contribution in [2.75, 3.05) is 6.61 Å². The van der Waals surface area contributed by atoms with Crippen molar-refractivity contribution in [1.29, 1.82) is 0 Å². The van der Waals surface area contributed by atoms with Gasteiger partial charge in [0, 0.05) is 23.5 Å². The number of thiophene rings is 1. The lowest BCUT2D eigenvalue weighted by atomic mass is 10.2. The molecule has 0 aliphatic heterocycles. The molecule has 1 aromatic heterocycles. The van der Waals surface area contributed by atoms with Crippen LogP contribution in [0.3, 0.4) is 0 Å². The van der Waals surface area contributed by atoms with E-state index in [-0.39, 0.29) is 0 Å². The Bertz CT molecular complexity index is 439. The number of nitrogens with one attached hydrogen (secondary N) is 1. The van der Waals surface area contributed by atoms with Gasteiger partial charge in [-0.1, -0.05) is 24.3 Å². The van der Waals surface area contributed by atoms with Crippen LogP contribution in [0.15, 0.2) is 41.8 Å². The molecule has 2 nitrogen and oxygen atoms in total. The topological polar surface area (TPSA) is 21.3 Å². The second kappa shape index (κ2) is 6.42. The monoisotopic (exact) mass is 247 g/mol. The largest absolute Gasteiger partial charge is 0.494 e. The van der Waals surface area contributed by atoms with Crippen LogP contribution in [0.5, 0.6) is 5.75 Å². The van der Waals surface area contributed by atoms with Crippen molar-refractivity contribution >= 4 is 11.3 Å². The number of rotatable bonds is 6. The van der Waals surface area contributed by atoms with Gasteiger partial charge in [0.1, 0.15) is 5.75 Å². The van der Waals surface area contributed by atoms with E-state index in [1.807, 2.05) is 25.1 Å². The highest BCUT2D eigenvalue weighted by molar-refractivity contribution is 7.09. The van der Waals surface area contributed by atoms with Crippen LogP contribution in [0.1, 0.15) is 17.4 Å². The molecule has 3 heteroatoms. The maximum absolute atomic E-state index is 5.59. The Kier molecular flexibility index (Phi) is 4.59. The average Bonchev–Trinajstić information content (AvgIpc) is 2.85. The predicted molar refractivity (Wildman–Crippen MR) is 72.5 cm³/mol. The van der Waals surface area contributed by atoms with Gasteiger partial charge in [0.05, 0.1) is 6.61 Å². The fraction of sp³-hybridized carbons (Fsp3) is 0.286. The van der Waals surface area contributed by atoms with Gasteiger partial charge in [-0.25, -0.2) is 0 Å². The summed E-state index contributed by atoms with van der Waals surface area (Å²) >= 11 is 1.78. The molecule has 0 atom stereocenters. The van der Waals surface area contributed by atoms with E-state index in [2.05, 4.69) is 28.9 Å². The van der Waals surface area contributed by atoms with E-state index in [1.165, 1.54) is 10.4 Å². The minimum absolute atomic E-state index is 0.710. The molecule has 0 unspecified atom stereocenters. The summed E-state index contributed by atoms with van der Waals surface area (Å²) in [4.78, 5) is 1.36. The molecule has 2 aromatic rings. The smallest absolute Gasteiger partial charge is 0.123 e. The molecule has 1 aromatic carbocycles. The first kappa shape index (κ1) is 12.1. The summed E-state index contributed by atoms with van der Waals surface area (Å²) in [7, 11) is 0. The Morgan fingerprint density at radius 1 is 1.12 bits per heavy atom. The SMILES string of the molecule is CCOc1ccccc1CNCc1cccs1. The minimum atomic E-state index is 0.710. The Morgan fingerprint density at radius 3 is 2.76 bits per heavy atom. The van der Waals surface area contributed by atoms with Crippen LogP contribution >= 0.6 is 11.3 Å². The van der Waals surface area contributed by atoms with E-state index in [4.69, 9.17) is 4.74 Å². The van der Waals surface area contributed by atoms with Crippen molar-refractivity contribution in [3.8, 4) is 5.75 Å². The van der Waals surface area contributed by atoms with Gasteiger partial charge in [-0.15, -0.1) is 11.3 Å². The normalized spacial score (nSPS) is 10.4. The number of hydrogen-bond donors (Lipinski definition) is 1. The summed E-state index contributed by atoms with van der Waals surface area (Å²) < 4.78 is 5.59. The average molecular weight is 247 g/mol. The van der Waals surface area contributed by atoms with Crippen LogP contribution < -0.4 is 10.1 Å². The first-order valence-electron chi connectivity index (χ1n) is 5.84. The fourth-order valence-electron chi connectivity index (χ4n) is 1.68. The zero-order chi connectivity index (χ0) is 11.9. The van der Waals surface area contributed by atoms with Crippen LogP contribution in [-0.2, 0) is 13.1 Å². The van der Waals surface area contributed by atoms with E-state index in [0.717, 1.165) is 18.8 Å². The molecule has 1 N–H and O–H groups in total. The molecule has 0 bridgehead atoms. The minimum Gasteiger partial charge on any atom is -0.494 e. The molecule has 0 saturated carbocycles. The predicted octanol–water partition coefficient (Wildman–Crippen LogP) is 3.44. The Hall–Kier alpha value is -1.32. The van der Waals surface area contributed by atoms with Gasteiger partial charge in [-0.3, -0.25) is 0 Å². The Balaban J connectivity index is 1.89. The van der Waals surface area contributed by atoms with Crippen molar-refractivity contribution in [2.45, 2.75) is 20.0 Å². The summed E-state index contributed by atoms with van der Waals surface area (Å²) in [5.41, 5.74) is 1.21. The van der Waals surface area contributed by atoms with Gasteiger partial charge in [0.2, 0.25) is 0 Å². The molecule has 1 heterocycles. The zero-order valence-corrected chi connectivity index (χ0v) is 10.8. The Labute approximate surface area is 106 Å². The zero-order valence-electron chi connectivity index (χ0n) is 9.98. The van der Waals surface area contributed by atoms with E-state index < -0.39 is 0 Å². The molecule has 0 radical (unpaired) electrons. The quantitative estimate of drug-likeness (QED) is 0.844. The standard InChI is InChI=1S/C14H17NOS/c1-2-16-14-8-4-3-6-12(14)10-15-11-13-7-5-9-17-13/h3-9,15H,2,10-11H2,1H3. The summed E-state index contributed by atoms with van der Waals surface area (Å²) in [5.74, 6) is 0.980. The maximum Gasteiger partial charge on any atom is 0.123 e. The molecular formula is C14H17NOS. The molecule has 17 heavy (non-hydrogen) atoms. The van der Waals surface area contributed by atoms with E-state index >= 15 is 0 Å². The third-order valence-corrected chi connectivity index (χ3v) is 3.34. The number of benzene rings is 1. The van der Waals surface area contributed by atoms with Crippen molar-refractivity contribution in [1.82, 2.24) is 5.32 Å². The van der Waals surface area contributed by atoms with Crippen molar-refractivity contribution in [3.63, 3.8) is 0 Å². The van der Waals surface area contributed by atoms with Gasteiger partial charge in [0.25, 0.3) is 0 Å². The second-order valence-electron chi connectivity index (χ2n) is 3.72. The first-order chi connectivity index (χ1) is 8.40. The molecular weight excluding hydrogens is 230 g/mol. The number of para-hydroxylation sites is 1. The van der Waals surface area contributed by atoms with Gasteiger partial charge >= 0.3 is 0 Å². The van der Waals surface area contributed by atoms with E-state index in [9.17, 15) is 0 Å². The van der Waals surface area contributed by atoms with E-state index in [0.29, 0.717) is 6.61 Å². The maximum atomic E-state index is 5.59. The lowest BCUT2D eigenvalue weighted by Crippen LogP contribution is -2.12. The third-order valence-electron chi connectivity index (χ3n) is 2.47. The molecule has 0 amide bonds. The summed E-state index contributed by atoms with van der Waals surface area (Å²) in [6, 6.07) is 12.4. The highest BCUT2D eigenvalue weighted by Gasteiger charge is 2.01. The van der Waals surface area contributed by atoms with Gasteiger partial charge in [0.15, 0.2) is 0 Å². The summed E-state index contributed by atoms with van der Waals surface area (Å²) in [6.07, 6.45) is 0. The Morgan fingerprint density at radius 2 is 2.00 bits per heavy atom. The molecule has 90 valence electrons. The van der Waals surface area contributed by atoms with Crippen LogP contribution in [0, 0.1) is 0 Å². The van der Waals surface area contributed by atoms with Crippen molar-refractivity contribution in [3.05, 3.63) is 52.2 Å². The molecule has 0 aliphatic rings. The molecule has 0 aliphatic carbocycles. The van der Waals surface area contributed by atoms with Gasteiger partial charge in [-0.05, 0) is 24.4 Å². The molecule has 0 fully saturated rings. The lowest BCUT2D eigenvalue weighted by molar-refractivity contribution is 0.335. The highest BCUT2D eigenvalue weighted by atomic mass is 32.1. The summed E-state index contributed by atoms with van der Waals surface area (Å²) in [6.45, 7) is 4.48. The number of hydrogen-bond acceptors (Lipinski definition) is 3. The van der Waals surface area contributed by atoms with Crippen molar-refractivity contribution in [2.24, 2.45) is 0 Å². The van der Waals surface area contributed by atoms with Crippen LogP contribution in [-0.4, -0.2) is 6.61 Å². The third kappa shape index (κ3) is 3.58. The van der Waals surface area contributed by atoms with E-state index in [1.54, 1.807) is 11.3 Å². The van der Waals surface area contributed by atoms with Crippen molar-refractivity contribution < 1.29 is 4.74 Å². The second-order valence-corrected chi connectivity index (χ2v) is 4.76. The van der Waals surface area contributed by atoms with Gasteiger partial charge < -0.3 is 10.1 Å². The fourth-order valence-corrected chi connectivity index (χ4v) is 2.35.